The Hall–Kier alpha value is -1.75. The topological polar surface area (TPSA) is 53.6 Å². The SMILES string of the molecule is CNC1CCN(C(=O)Nc2cccc(OC)c2)CC1C. The minimum atomic E-state index is -0.0420. The van der Waals surface area contributed by atoms with Gasteiger partial charge >= 0.3 is 6.03 Å². The summed E-state index contributed by atoms with van der Waals surface area (Å²) >= 11 is 0. The molecule has 2 rings (SSSR count). The second kappa shape index (κ2) is 6.61. The normalized spacial score (nSPS) is 22.4. The van der Waals surface area contributed by atoms with Crippen LogP contribution >= 0.6 is 0 Å². The molecule has 0 radical (unpaired) electrons. The Bertz CT molecular complexity index is 464. The van der Waals surface area contributed by atoms with Crippen LogP contribution in [-0.4, -0.2) is 44.2 Å². The summed E-state index contributed by atoms with van der Waals surface area (Å²) in [5, 5.41) is 6.23. The van der Waals surface area contributed by atoms with Gasteiger partial charge in [-0.05, 0) is 31.5 Å². The predicted octanol–water partition coefficient (Wildman–Crippen LogP) is 2.16. The third-order valence-electron chi connectivity index (χ3n) is 3.88. The first-order valence-electron chi connectivity index (χ1n) is 7.01. The number of anilines is 1. The molecular weight excluding hydrogens is 254 g/mol. The van der Waals surface area contributed by atoms with Crippen LogP contribution in [0.3, 0.4) is 0 Å². The first-order chi connectivity index (χ1) is 9.63. The first kappa shape index (κ1) is 14.7. The van der Waals surface area contributed by atoms with E-state index in [9.17, 15) is 4.79 Å². The summed E-state index contributed by atoms with van der Waals surface area (Å²) in [7, 11) is 3.60. The van der Waals surface area contributed by atoms with Gasteiger partial charge in [0, 0.05) is 30.9 Å². The number of hydrogen-bond acceptors (Lipinski definition) is 3. The predicted molar refractivity (Wildman–Crippen MR) is 80.2 cm³/mol. The smallest absolute Gasteiger partial charge is 0.321 e. The van der Waals surface area contributed by atoms with Gasteiger partial charge in [0.05, 0.1) is 7.11 Å². The molecule has 1 aliphatic rings. The van der Waals surface area contributed by atoms with Gasteiger partial charge in [0.25, 0.3) is 0 Å². The summed E-state index contributed by atoms with van der Waals surface area (Å²) in [5.74, 6) is 1.20. The number of methoxy groups -OCH3 is 1. The number of hydrogen-bond donors (Lipinski definition) is 2. The van der Waals surface area contributed by atoms with E-state index in [-0.39, 0.29) is 6.03 Å². The van der Waals surface area contributed by atoms with Crippen LogP contribution in [0, 0.1) is 5.92 Å². The van der Waals surface area contributed by atoms with Gasteiger partial charge < -0.3 is 20.3 Å². The Labute approximate surface area is 120 Å². The van der Waals surface area contributed by atoms with E-state index >= 15 is 0 Å². The molecule has 1 heterocycles. The van der Waals surface area contributed by atoms with Crippen LogP contribution < -0.4 is 15.4 Å². The number of piperidine rings is 1. The molecule has 110 valence electrons. The molecule has 2 amide bonds. The zero-order chi connectivity index (χ0) is 14.5. The number of likely N-dealkylation sites (tertiary alicyclic amines) is 1. The second-order valence-electron chi connectivity index (χ2n) is 5.27. The number of carbonyl (C=O) groups excluding carboxylic acids is 1. The number of ether oxygens (including phenoxy) is 1. The van der Waals surface area contributed by atoms with Gasteiger partial charge in [-0.1, -0.05) is 13.0 Å². The number of urea groups is 1. The maximum Gasteiger partial charge on any atom is 0.321 e. The average Bonchev–Trinajstić information content (AvgIpc) is 2.47. The lowest BCUT2D eigenvalue weighted by molar-refractivity contribution is 0.163. The molecule has 1 saturated heterocycles. The van der Waals surface area contributed by atoms with Gasteiger partial charge in [-0.3, -0.25) is 0 Å². The number of rotatable bonds is 3. The Morgan fingerprint density at radius 3 is 2.90 bits per heavy atom. The first-order valence-corrected chi connectivity index (χ1v) is 7.01. The highest BCUT2D eigenvalue weighted by Gasteiger charge is 2.27. The van der Waals surface area contributed by atoms with E-state index in [1.165, 1.54) is 0 Å². The summed E-state index contributed by atoms with van der Waals surface area (Å²) in [6.07, 6.45) is 0.989. The highest BCUT2D eigenvalue weighted by molar-refractivity contribution is 5.89. The molecule has 0 aromatic heterocycles. The highest BCUT2D eigenvalue weighted by Crippen LogP contribution is 2.20. The van der Waals surface area contributed by atoms with Crippen molar-refractivity contribution in [2.24, 2.45) is 5.92 Å². The van der Waals surface area contributed by atoms with Crippen LogP contribution in [-0.2, 0) is 0 Å². The quantitative estimate of drug-likeness (QED) is 0.890. The zero-order valence-electron chi connectivity index (χ0n) is 12.3. The maximum atomic E-state index is 12.3. The molecule has 0 saturated carbocycles. The number of nitrogens with zero attached hydrogens (tertiary/aromatic N) is 1. The molecule has 0 aliphatic carbocycles. The molecule has 1 aromatic carbocycles. The van der Waals surface area contributed by atoms with Crippen molar-refractivity contribution in [2.45, 2.75) is 19.4 Å². The zero-order valence-corrected chi connectivity index (χ0v) is 12.3. The number of benzene rings is 1. The number of nitrogens with one attached hydrogen (secondary N) is 2. The van der Waals surface area contributed by atoms with Gasteiger partial charge in [-0.2, -0.15) is 0 Å². The van der Waals surface area contributed by atoms with Crippen LogP contribution in [0.4, 0.5) is 10.5 Å². The van der Waals surface area contributed by atoms with Crippen molar-refractivity contribution in [3.63, 3.8) is 0 Å². The molecule has 5 nitrogen and oxygen atoms in total. The van der Waals surface area contributed by atoms with E-state index in [4.69, 9.17) is 4.74 Å². The van der Waals surface area contributed by atoms with Crippen LogP contribution in [0.25, 0.3) is 0 Å². The Morgan fingerprint density at radius 1 is 1.45 bits per heavy atom. The van der Waals surface area contributed by atoms with Gasteiger partial charge in [0.2, 0.25) is 0 Å². The summed E-state index contributed by atoms with van der Waals surface area (Å²) < 4.78 is 5.15. The molecule has 2 atom stereocenters. The minimum Gasteiger partial charge on any atom is -0.497 e. The fourth-order valence-corrected chi connectivity index (χ4v) is 2.66. The van der Waals surface area contributed by atoms with Crippen LogP contribution in [0.2, 0.25) is 0 Å². The highest BCUT2D eigenvalue weighted by atomic mass is 16.5. The van der Waals surface area contributed by atoms with Crippen molar-refractivity contribution in [1.82, 2.24) is 10.2 Å². The fourth-order valence-electron chi connectivity index (χ4n) is 2.66. The molecule has 2 N–H and O–H groups in total. The standard InChI is InChI=1S/C15H23N3O2/c1-11-10-18(8-7-14(11)16-2)15(19)17-12-5-4-6-13(9-12)20-3/h4-6,9,11,14,16H,7-8,10H2,1-3H3,(H,17,19). The van der Waals surface area contributed by atoms with E-state index < -0.39 is 0 Å². The average molecular weight is 277 g/mol. The lowest BCUT2D eigenvalue weighted by Gasteiger charge is -2.36. The molecule has 1 fully saturated rings. The van der Waals surface area contributed by atoms with Crippen molar-refractivity contribution in [3.8, 4) is 5.75 Å². The van der Waals surface area contributed by atoms with Gasteiger partial charge in [0.15, 0.2) is 0 Å². The van der Waals surface area contributed by atoms with Crippen molar-refractivity contribution < 1.29 is 9.53 Å². The second-order valence-corrected chi connectivity index (χ2v) is 5.27. The lowest BCUT2D eigenvalue weighted by atomic mass is 9.94. The number of amides is 2. The van der Waals surface area contributed by atoms with Crippen LogP contribution in [0.5, 0.6) is 5.75 Å². The lowest BCUT2D eigenvalue weighted by Crippen LogP contribution is -2.50. The number of carbonyl (C=O) groups is 1. The van der Waals surface area contributed by atoms with Crippen LogP contribution in [0.15, 0.2) is 24.3 Å². The van der Waals surface area contributed by atoms with Crippen molar-refractivity contribution in [2.75, 3.05) is 32.6 Å². The van der Waals surface area contributed by atoms with Crippen LogP contribution in [0.1, 0.15) is 13.3 Å². The Morgan fingerprint density at radius 2 is 2.25 bits per heavy atom. The molecule has 0 bridgehead atoms. The van der Waals surface area contributed by atoms with E-state index in [1.807, 2.05) is 36.2 Å². The molecular formula is C15H23N3O2. The molecule has 5 heteroatoms. The monoisotopic (exact) mass is 277 g/mol. The third kappa shape index (κ3) is 3.42. The van der Waals surface area contributed by atoms with Crippen molar-refractivity contribution in [1.29, 1.82) is 0 Å². The molecule has 0 spiro atoms. The maximum absolute atomic E-state index is 12.3. The third-order valence-corrected chi connectivity index (χ3v) is 3.88. The van der Waals surface area contributed by atoms with Gasteiger partial charge in [-0.25, -0.2) is 4.79 Å². The fraction of sp³-hybridized carbons (Fsp3) is 0.533. The van der Waals surface area contributed by atoms with Crippen molar-refractivity contribution >= 4 is 11.7 Å². The molecule has 1 aliphatic heterocycles. The summed E-state index contributed by atoms with van der Waals surface area (Å²) in [6, 6.07) is 7.86. The van der Waals surface area contributed by atoms with E-state index in [1.54, 1.807) is 7.11 Å². The Balaban J connectivity index is 1.95. The van der Waals surface area contributed by atoms with Gasteiger partial charge in [-0.15, -0.1) is 0 Å². The van der Waals surface area contributed by atoms with E-state index in [0.29, 0.717) is 12.0 Å². The summed E-state index contributed by atoms with van der Waals surface area (Å²) in [5.41, 5.74) is 0.762. The minimum absolute atomic E-state index is 0.0420. The summed E-state index contributed by atoms with van der Waals surface area (Å²) in [4.78, 5) is 14.1. The largest absolute Gasteiger partial charge is 0.497 e. The molecule has 20 heavy (non-hydrogen) atoms. The Kier molecular flexibility index (Phi) is 4.84. The summed E-state index contributed by atoms with van der Waals surface area (Å²) in [6.45, 7) is 3.74. The van der Waals surface area contributed by atoms with Gasteiger partial charge in [0.1, 0.15) is 5.75 Å². The van der Waals surface area contributed by atoms with E-state index in [2.05, 4.69) is 17.6 Å². The molecule has 1 aromatic rings. The van der Waals surface area contributed by atoms with Crippen molar-refractivity contribution in [3.05, 3.63) is 24.3 Å². The van der Waals surface area contributed by atoms with E-state index in [0.717, 1.165) is 30.9 Å². The molecule has 2 unspecified atom stereocenters.